The Hall–Kier alpha value is -1.17. The Morgan fingerprint density at radius 2 is 2.05 bits per heavy atom. The van der Waals surface area contributed by atoms with Gasteiger partial charge < -0.3 is 10.1 Å². The summed E-state index contributed by atoms with van der Waals surface area (Å²) in [4.78, 5) is 8.68. The summed E-state index contributed by atoms with van der Waals surface area (Å²) < 4.78 is 5.36. The van der Waals surface area contributed by atoms with E-state index in [2.05, 4.69) is 21.4 Å². The van der Waals surface area contributed by atoms with Crippen LogP contribution in [-0.4, -0.2) is 41.5 Å². The summed E-state index contributed by atoms with van der Waals surface area (Å²) in [6, 6.07) is 8.78. The summed E-state index contributed by atoms with van der Waals surface area (Å²) in [5, 5.41) is 5.81. The highest BCUT2D eigenvalue weighted by Crippen LogP contribution is 2.23. The first-order chi connectivity index (χ1) is 9.93. The molecule has 106 valence electrons. The fraction of sp³-hybridized carbons (Fsp3) is 0.467. The normalized spacial score (nSPS) is 16.6. The average Bonchev–Trinajstić information content (AvgIpc) is 2.53. The molecule has 5 heteroatoms. The molecular weight excluding hydrogens is 270 g/mol. The minimum Gasteiger partial charge on any atom is -0.381 e. The number of nitrogens with zero attached hydrogens (tertiary/aromatic N) is 2. The van der Waals surface area contributed by atoms with Gasteiger partial charge in [-0.25, -0.2) is 9.97 Å². The number of ether oxygens (including phenoxy) is 1. The maximum absolute atomic E-state index is 5.36. The minimum atomic E-state index is 0.617. The van der Waals surface area contributed by atoms with Crippen LogP contribution < -0.4 is 5.32 Å². The van der Waals surface area contributed by atoms with Gasteiger partial charge in [-0.2, -0.15) is 0 Å². The molecule has 1 aromatic heterocycles. The number of thioether (sulfide) groups is 1. The Kier molecular flexibility index (Phi) is 4.84. The maximum atomic E-state index is 5.36. The monoisotopic (exact) mass is 289 g/mol. The van der Waals surface area contributed by atoms with Crippen molar-refractivity contribution >= 4 is 22.7 Å². The van der Waals surface area contributed by atoms with Gasteiger partial charge in [-0.05, 0) is 18.9 Å². The van der Waals surface area contributed by atoms with Gasteiger partial charge in [0.25, 0.3) is 0 Å². The summed E-state index contributed by atoms with van der Waals surface area (Å²) >= 11 is 1.79. The number of aromatic nitrogens is 2. The van der Waals surface area contributed by atoms with E-state index >= 15 is 0 Å². The van der Waals surface area contributed by atoms with Crippen LogP contribution >= 0.6 is 11.8 Å². The molecule has 1 N–H and O–H groups in total. The van der Waals surface area contributed by atoms with E-state index in [0.717, 1.165) is 54.3 Å². The number of nitrogens with one attached hydrogen (secondary N) is 1. The van der Waals surface area contributed by atoms with Gasteiger partial charge in [0.05, 0.1) is 5.52 Å². The first-order valence-electron chi connectivity index (χ1n) is 7.07. The Balaban J connectivity index is 1.52. The molecule has 0 saturated carbocycles. The van der Waals surface area contributed by atoms with Crippen LogP contribution in [0.15, 0.2) is 35.6 Å². The number of rotatable bonds is 5. The molecule has 1 aliphatic heterocycles. The summed E-state index contributed by atoms with van der Waals surface area (Å²) in [5.41, 5.74) is 1.02. The fourth-order valence-electron chi connectivity index (χ4n) is 2.41. The maximum Gasteiger partial charge on any atom is 0.117 e. The SMILES string of the molecule is c1ccc2c(SCCNC3CCOCC3)ncnc2c1. The van der Waals surface area contributed by atoms with E-state index in [1.165, 1.54) is 0 Å². The van der Waals surface area contributed by atoms with Crippen LogP contribution in [-0.2, 0) is 4.74 Å². The highest BCUT2D eigenvalue weighted by molar-refractivity contribution is 7.99. The van der Waals surface area contributed by atoms with E-state index in [1.807, 2.05) is 18.2 Å². The van der Waals surface area contributed by atoms with Crippen molar-refractivity contribution in [2.24, 2.45) is 0 Å². The molecule has 0 spiro atoms. The van der Waals surface area contributed by atoms with E-state index < -0.39 is 0 Å². The molecule has 0 amide bonds. The minimum absolute atomic E-state index is 0.617. The molecule has 0 bridgehead atoms. The van der Waals surface area contributed by atoms with Crippen molar-refractivity contribution < 1.29 is 4.74 Å². The Morgan fingerprint density at radius 1 is 1.20 bits per heavy atom. The van der Waals surface area contributed by atoms with Crippen LogP contribution in [0.3, 0.4) is 0 Å². The van der Waals surface area contributed by atoms with Crippen molar-refractivity contribution in [1.29, 1.82) is 0 Å². The van der Waals surface area contributed by atoms with Gasteiger partial charge in [0.15, 0.2) is 0 Å². The van der Waals surface area contributed by atoms with E-state index in [1.54, 1.807) is 18.1 Å². The van der Waals surface area contributed by atoms with E-state index in [0.29, 0.717) is 6.04 Å². The summed E-state index contributed by atoms with van der Waals surface area (Å²) in [6.45, 7) is 2.79. The van der Waals surface area contributed by atoms with Gasteiger partial charge in [-0.3, -0.25) is 0 Å². The highest BCUT2D eigenvalue weighted by Gasteiger charge is 2.12. The van der Waals surface area contributed by atoms with Crippen LogP contribution in [0.2, 0.25) is 0 Å². The molecule has 4 nitrogen and oxygen atoms in total. The van der Waals surface area contributed by atoms with Gasteiger partial charge in [-0.1, -0.05) is 18.2 Å². The lowest BCUT2D eigenvalue weighted by Gasteiger charge is -2.23. The molecule has 0 radical (unpaired) electrons. The second-order valence-corrected chi connectivity index (χ2v) is 5.97. The molecule has 3 rings (SSSR count). The summed E-state index contributed by atoms with van der Waals surface area (Å²) in [7, 11) is 0. The van der Waals surface area contributed by atoms with Crippen molar-refractivity contribution in [3.05, 3.63) is 30.6 Å². The van der Waals surface area contributed by atoms with Crippen LogP contribution in [0.4, 0.5) is 0 Å². The number of fused-ring (bicyclic) bond motifs is 1. The molecule has 2 aromatic rings. The lowest BCUT2D eigenvalue weighted by molar-refractivity contribution is 0.0786. The van der Waals surface area contributed by atoms with Gasteiger partial charge in [0, 0.05) is 36.9 Å². The molecule has 1 fully saturated rings. The molecule has 2 heterocycles. The smallest absolute Gasteiger partial charge is 0.117 e. The second kappa shape index (κ2) is 7.02. The summed E-state index contributed by atoms with van der Waals surface area (Å²) in [5.74, 6) is 1.03. The van der Waals surface area contributed by atoms with Crippen LogP contribution in [0, 0.1) is 0 Å². The highest BCUT2D eigenvalue weighted by atomic mass is 32.2. The van der Waals surface area contributed by atoms with Crippen LogP contribution in [0.25, 0.3) is 10.9 Å². The predicted octanol–water partition coefficient (Wildman–Crippen LogP) is 2.49. The van der Waals surface area contributed by atoms with Crippen molar-refractivity contribution in [3.8, 4) is 0 Å². The number of para-hydroxylation sites is 1. The number of hydrogen-bond donors (Lipinski definition) is 1. The zero-order valence-electron chi connectivity index (χ0n) is 11.4. The Morgan fingerprint density at radius 3 is 2.95 bits per heavy atom. The zero-order chi connectivity index (χ0) is 13.6. The van der Waals surface area contributed by atoms with Gasteiger partial charge in [0.2, 0.25) is 0 Å². The topological polar surface area (TPSA) is 47.0 Å². The standard InChI is InChI=1S/C15H19N3OS/c1-2-4-14-13(3-1)15(18-11-17-14)20-10-7-16-12-5-8-19-9-6-12/h1-4,11-12,16H,5-10H2. The summed E-state index contributed by atoms with van der Waals surface area (Å²) in [6.07, 6.45) is 3.90. The third-order valence-corrected chi connectivity index (χ3v) is 4.51. The fourth-order valence-corrected chi connectivity index (χ4v) is 3.27. The van der Waals surface area contributed by atoms with Gasteiger partial charge in [0.1, 0.15) is 11.4 Å². The third kappa shape index (κ3) is 3.48. The van der Waals surface area contributed by atoms with Crippen molar-refractivity contribution in [2.45, 2.75) is 23.9 Å². The van der Waals surface area contributed by atoms with E-state index in [-0.39, 0.29) is 0 Å². The molecule has 0 unspecified atom stereocenters. The Labute approximate surface area is 123 Å². The van der Waals surface area contributed by atoms with Crippen molar-refractivity contribution in [1.82, 2.24) is 15.3 Å². The zero-order valence-corrected chi connectivity index (χ0v) is 12.2. The molecule has 20 heavy (non-hydrogen) atoms. The third-order valence-electron chi connectivity index (χ3n) is 3.50. The van der Waals surface area contributed by atoms with Crippen LogP contribution in [0.5, 0.6) is 0 Å². The molecule has 1 aromatic carbocycles. The number of hydrogen-bond acceptors (Lipinski definition) is 5. The van der Waals surface area contributed by atoms with Gasteiger partial charge >= 0.3 is 0 Å². The molecule has 0 atom stereocenters. The quantitative estimate of drug-likeness (QED) is 0.520. The van der Waals surface area contributed by atoms with Gasteiger partial charge in [-0.15, -0.1) is 11.8 Å². The molecule has 1 saturated heterocycles. The Bertz CT molecular complexity index is 552. The largest absolute Gasteiger partial charge is 0.381 e. The average molecular weight is 289 g/mol. The lowest BCUT2D eigenvalue weighted by atomic mass is 10.1. The van der Waals surface area contributed by atoms with E-state index in [4.69, 9.17) is 4.74 Å². The number of benzene rings is 1. The first kappa shape index (κ1) is 13.8. The van der Waals surface area contributed by atoms with Crippen LogP contribution in [0.1, 0.15) is 12.8 Å². The van der Waals surface area contributed by atoms with Crippen molar-refractivity contribution in [3.63, 3.8) is 0 Å². The van der Waals surface area contributed by atoms with E-state index in [9.17, 15) is 0 Å². The second-order valence-electron chi connectivity index (χ2n) is 4.89. The molecule has 0 aliphatic carbocycles. The molecule has 1 aliphatic rings. The lowest BCUT2D eigenvalue weighted by Crippen LogP contribution is -2.35. The predicted molar refractivity (Wildman–Crippen MR) is 82.1 cm³/mol. The first-order valence-corrected chi connectivity index (χ1v) is 8.06. The van der Waals surface area contributed by atoms with Crippen molar-refractivity contribution in [2.75, 3.05) is 25.5 Å². The molecular formula is C15H19N3OS.